The molecule has 1 N–H and O–H groups in total. The molecule has 0 unspecified atom stereocenters. The molecule has 4 aromatic rings. The van der Waals surface area contributed by atoms with Crippen LogP contribution in [0.5, 0.6) is 5.75 Å². The third kappa shape index (κ3) is 5.58. The standard InChI is InChI=1S/C23H21ClN4O3/c24-18-9-7-17(8-10-18)23-27-21(31-28-23)12-11-20(29)25-14-3-15-30-19-6-1-4-16-5-2-13-26-22(16)19/h1-2,4-10,13H,3,11-12,14-15H2,(H,25,29). The largest absolute Gasteiger partial charge is 0.491 e. The number of aryl methyl sites for hydroxylation is 1. The van der Waals surface area contributed by atoms with Gasteiger partial charge in [-0.3, -0.25) is 9.78 Å². The maximum absolute atomic E-state index is 12.1. The van der Waals surface area contributed by atoms with Crippen LogP contribution in [0, 0.1) is 0 Å². The molecule has 0 spiro atoms. The minimum absolute atomic E-state index is 0.0712. The Morgan fingerprint density at radius 3 is 2.81 bits per heavy atom. The maximum Gasteiger partial charge on any atom is 0.227 e. The summed E-state index contributed by atoms with van der Waals surface area (Å²) in [6, 6.07) is 16.9. The van der Waals surface area contributed by atoms with Crippen molar-refractivity contribution < 1.29 is 14.1 Å². The number of ether oxygens (including phenoxy) is 1. The molecule has 0 saturated heterocycles. The summed E-state index contributed by atoms with van der Waals surface area (Å²) in [5.74, 6) is 1.58. The molecule has 2 aromatic heterocycles. The zero-order valence-electron chi connectivity index (χ0n) is 16.8. The summed E-state index contributed by atoms with van der Waals surface area (Å²) in [7, 11) is 0. The molecule has 0 aliphatic heterocycles. The van der Waals surface area contributed by atoms with Crippen molar-refractivity contribution in [3.05, 3.63) is 71.7 Å². The Labute approximate surface area is 184 Å². The molecule has 7 nitrogen and oxygen atoms in total. The molecule has 0 atom stereocenters. The van der Waals surface area contributed by atoms with Crippen molar-refractivity contribution in [3.63, 3.8) is 0 Å². The van der Waals surface area contributed by atoms with Crippen LogP contribution < -0.4 is 10.1 Å². The number of carbonyl (C=O) groups is 1. The molecule has 0 saturated carbocycles. The van der Waals surface area contributed by atoms with Crippen LogP contribution in [0.25, 0.3) is 22.3 Å². The highest BCUT2D eigenvalue weighted by molar-refractivity contribution is 6.30. The number of fused-ring (bicyclic) bond motifs is 1. The second kappa shape index (κ2) is 10.0. The third-order valence-corrected chi connectivity index (χ3v) is 4.88. The van der Waals surface area contributed by atoms with Crippen LogP contribution in [0.4, 0.5) is 0 Å². The molecule has 0 aliphatic carbocycles. The lowest BCUT2D eigenvalue weighted by Crippen LogP contribution is -2.25. The number of nitrogens with one attached hydrogen (secondary N) is 1. The van der Waals surface area contributed by atoms with Crippen molar-refractivity contribution in [2.24, 2.45) is 0 Å². The van der Waals surface area contributed by atoms with E-state index in [1.54, 1.807) is 18.3 Å². The first-order valence-corrected chi connectivity index (χ1v) is 10.4. The molecule has 0 radical (unpaired) electrons. The molecular weight excluding hydrogens is 416 g/mol. The number of carbonyl (C=O) groups excluding carboxylic acids is 1. The third-order valence-electron chi connectivity index (χ3n) is 4.63. The monoisotopic (exact) mass is 436 g/mol. The Hall–Kier alpha value is -3.45. The van der Waals surface area contributed by atoms with Crippen LogP contribution in [0.15, 0.2) is 65.3 Å². The number of rotatable bonds is 9. The molecule has 4 rings (SSSR count). The number of nitrogens with zero attached hydrogens (tertiary/aromatic N) is 3. The van der Waals surface area contributed by atoms with E-state index in [9.17, 15) is 4.79 Å². The van der Waals surface area contributed by atoms with Gasteiger partial charge in [-0.25, -0.2) is 0 Å². The number of hydrogen-bond donors (Lipinski definition) is 1. The van der Waals surface area contributed by atoms with Crippen LogP contribution >= 0.6 is 11.6 Å². The molecule has 2 aromatic carbocycles. The van der Waals surface area contributed by atoms with E-state index in [2.05, 4.69) is 20.4 Å². The smallest absolute Gasteiger partial charge is 0.227 e. The lowest BCUT2D eigenvalue weighted by atomic mass is 10.2. The minimum Gasteiger partial charge on any atom is -0.491 e. The Bertz CT molecular complexity index is 1160. The van der Waals surface area contributed by atoms with Gasteiger partial charge in [-0.1, -0.05) is 35.0 Å². The van der Waals surface area contributed by atoms with Crippen LogP contribution in [-0.2, 0) is 11.2 Å². The van der Waals surface area contributed by atoms with Gasteiger partial charge in [-0.05, 0) is 42.8 Å². The van der Waals surface area contributed by atoms with E-state index in [1.165, 1.54) is 0 Å². The lowest BCUT2D eigenvalue weighted by Gasteiger charge is -2.09. The van der Waals surface area contributed by atoms with E-state index in [4.69, 9.17) is 20.9 Å². The van der Waals surface area contributed by atoms with Crippen LogP contribution in [-0.4, -0.2) is 34.2 Å². The van der Waals surface area contributed by atoms with Crippen LogP contribution in [0.3, 0.4) is 0 Å². The highest BCUT2D eigenvalue weighted by Crippen LogP contribution is 2.23. The number of amides is 1. The molecular formula is C23H21ClN4O3. The van der Waals surface area contributed by atoms with E-state index in [1.807, 2.05) is 42.5 Å². The fourth-order valence-corrected chi connectivity index (χ4v) is 3.18. The number of para-hydroxylation sites is 1. The summed E-state index contributed by atoms with van der Waals surface area (Å²) >= 11 is 5.89. The van der Waals surface area contributed by atoms with E-state index in [-0.39, 0.29) is 12.3 Å². The second-order valence-electron chi connectivity index (χ2n) is 6.90. The maximum atomic E-state index is 12.1. The molecule has 0 bridgehead atoms. The van der Waals surface area contributed by atoms with Crippen LogP contribution in [0.1, 0.15) is 18.7 Å². The quantitative estimate of drug-likeness (QED) is 0.390. The Balaban J connectivity index is 1.17. The number of hydrogen-bond acceptors (Lipinski definition) is 6. The predicted molar refractivity (Wildman–Crippen MR) is 118 cm³/mol. The molecule has 1 amide bonds. The summed E-state index contributed by atoms with van der Waals surface area (Å²) in [5, 5.41) is 8.51. The van der Waals surface area contributed by atoms with Gasteiger partial charge in [0.2, 0.25) is 17.6 Å². The van der Waals surface area contributed by atoms with Gasteiger partial charge in [0.05, 0.1) is 6.61 Å². The van der Waals surface area contributed by atoms with Gasteiger partial charge in [0, 0.05) is 41.6 Å². The highest BCUT2D eigenvalue weighted by Gasteiger charge is 2.11. The average Bonchev–Trinajstić information content (AvgIpc) is 3.27. The number of pyridine rings is 1. The van der Waals surface area contributed by atoms with E-state index in [0.717, 1.165) is 22.2 Å². The number of halogens is 1. The summed E-state index contributed by atoms with van der Waals surface area (Å²) in [6.07, 6.45) is 3.09. The average molecular weight is 437 g/mol. The second-order valence-corrected chi connectivity index (χ2v) is 7.34. The molecule has 0 fully saturated rings. The lowest BCUT2D eigenvalue weighted by molar-refractivity contribution is -0.121. The van der Waals surface area contributed by atoms with E-state index >= 15 is 0 Å². The van der Waals surface area contributed by atoms with Gasteiger partial charge in [0.25, 0.3) is 0 Å². The van der Waals surface area contributed by atoms with Gasteiger partial charge >= 0.3 is 0 Å². The van der Waals surface area contributed by atoms with Gasteiger partial charge in [0.15, 0.2) is 0 Å². The molecule has 0 aliphatic rings. The Morgan fingerprint density at radius 2 is 1.94 bits per heavy atom. The fraction of sp³-hybridized carbons (Fsp3) is 0.217. The van der Waals surface area contributed by atoms with Crippen molar-refractivity contribution in [1.82, 2.24) is 20.4 Å². The van der Waals surface area contributed by atoms with Crippen molar-refractivity contribution >= 4 is 28.4 Å². The van der Waals surface area contributed by atoms with E-state index < -0.39 is 0 Å². The first-order chi connectivity index (χ1) is 15.2. The highest BCUT2D eigenvalue weighted by atomic mass is 35.5. The molecule has 31 heavy (non-hydrogen) atoms. The van der Waals surface area contributed by atoms with E-state index in [0.29, 0.717) is 42.7 Å². The normalized spacial score (nSPS) is 10.9. The Morgan fingerprint density at radius 1 is 1.10 bits per heavy atom. The summed E-state index contributed by atoms with van der Waals surface area (Å²) in [6.45, 7) is 1.01. The zero-order valence-corrected chi connectivity index (χ0v) is 17.5. The van der Waals surface area contributed by atoms with Gasteiger partial charge in [0.1, 0.15) is 11.3 Å². The van der Waals surface area contributed by atoms with Gasteiger partial charge in [-0.2, -0.15) is 4.98 Å². The predicted octanol–water partition coefficient (Wildman–Crippen LogP) is 4.46. The Kier molecular flexibility index (Phi) is 6.74. The summed E-state index contributed by atoms with van der Waals surface area (Å²) in [5.41, 5.74) is 1.65. The number of benzene rings is 2. The van der Waals surface area contributed by atoms with Crippen molar-refractivity contribution in [2.45, 2.75) is 19.3 Å². The summed E-state index contributed by atoms with van der Waals surface area (Å²) in [4.78, 5) is 20.8. The van der Waals surface area contributed by atoms with Crippen molar-refractivity contribution in [2.75, 3.05) is 13.2 Å². The first-order valence-electron chi connectivity index (χ1n) is 10.0. The molecule has 8 heteroatoms. The zero-order chi connectivity index (χ0) is 21.5. The molecule has 2 heterocycles. The summed E-state index contributed by atoms with van der Waals surface area (Å²) < 4.78 is 11.1. The minimum atomic E-state index is -0.0712. The fourth-order valence-electron chi connectivity index (χ4n) is 3.06. The first kappa shape index (κ1) is 20.8. The molecule has 158 valence electrons. The van der Waals surface area contributed by atoms with Gasteiger partial charge in [-0.15, -0.1) is 0 Å². The number of aromatic nitrogens is 3. The topological polar surface area (TPSA) is 90.1 Å². The van der Waals surface area contributed by atoms with Crippen molar-refractivity contribution in [1.29, 1.82) is 0 Å². The SMILES string of the molecule is O=C(CCc1nc(-c2ccc(Cl)cc2)no1)NCCCOc1cccc2cccnc12. The van der Waals surface area contributed by atoms with Crippen molar-refractivity contribution in [3.8, 4) is 17.1 Å². The van der Waals surface area contributed by atoms with Crippen LogP contribution in [0.2, 0.25) is 5.02 Å². The van der Waals surface area contributed by atoms with Gasteiger partial charge < -0.3 is 14.6 Å².